The second kappa shape index (κ2) is 4.11. The molecule has 1 aromatic rings. The molecule has 16 heavy (non-hydrogen) atoms. The van der Waals surface area contributed by atoms with Gasteiger partial charge in [0, 0.05) is 0 Å². The molecule has 0 aliphatic carbocycles. The Morgan fingerprint density at radius 2 is 2.19 bits per heavy atom. The number of nitrogens with one attached hydrogen (secondary N) is 2. The molecule has 8 heteroatoms. The molecular weight excluding hydrogens is 248 g/mol. The summed E-state index contributed by atoms with van der Waals surface area (Å²) in [7, 11) is -3.66. The first-order chi connectivity index (χ1) is 7.17. The van der Waals surface area contributed by atoms with E-state index in [0.29, 0.717) is 5.69 Å². The van der Waals surface area contributed by atoms with Gasteiger partial charge in [0.05, 0.1) is 22.4 Å². The Morgan fingerprint density at radius 3 is 2.56 bits per heavy atom. The van der Waals surface area contributed by atoms with Crippen LogP contribution in [-0.2, 0) is 10.0 Å². The minimum atomic E-state index is -3.66. The molecule has 0 fully saturated rings. The second-order valence-electron chi connectivity index (χ2n) is 3.95. The van der Waals surface area contributed by atoms with E-state index in [1.807, 2.05) is 0 Å². The van der Waals surface area contributed by atoms with Crippen LogP contribution in [0.3, 0.4) is 0 Å². The highest BCUT2D eigenvalue weighted by atomic mass is 32.2. The number of aromatic amines is 1. The van der Waals surface area contributed by atoms with Crippen molar-refractivity contribution in [2.45, 2.75) is 31.2 Å². The summed E-state index contributed by atoms with van der Waals surface area (Å²) in [5.41, 5.74) is 4.94. The van der Waals surface area contributed by atoms with Crippen LogP contribution in [0.2, 0.25) is 0 Å². The molecule has 4 N–H and O–H groups in total. The van der Waals surface area contributed by atoms with Crippen LogP contribution < -0.4 is 10.5 Å². The Bertz CT molecular complexity index is 504. The summed E-state index contributed by atoms with van der Waals surface area (Å²) in [4.78, 5) is 0.175. The number of thiocarbonyl (C=S) groups is 1. The van der Waals surface area contributed by atoms with Crippen molar-refractivity contribution >= 4 is 27.2 Å². The molecule has 1 rings (SSSR count). The predicted molar refractivity (Wildman–Crippen MR) is 64.5 cm³/mol. The van der Waals surface area contributed by atoms with Gasteiger partial charge >= 0.3 is 0 Å². The maximum absolute atomic E-state index is 11.9. The first kappa shape index (κ1) is 13.1. The van der Waals surface area contributed by atoms with Crippen LogP contribution in [0, 0.1) is 6.92 Å². The fourth-order valence-electron chi connectivity index (χ4n) is 1.05. The minimum absolute atomic E-state index is 0.0808. The van der Waals surface area contributed by atoms with Crippen molar-refractivity contribution < 1.29 is 8.42 Å². The van der Waals surface area contributed by atoms with Gasteiger partial charge in [-0.2, -0.15) is 9.82 Å². The lowest BCUT2D eigenvalue weighted by Crippen LogP contribution is -2.52. The summed E-state index contributed by atoms with van der Waals surface area (Å²) in [6.45, 7) is 4.82. The van der Waals surface area contributed by atoms with Crippen LogP contribution in [0.4, 0.5) is 0 Å². The lowest BCUT2D eigenvalue weighted by Gasteiger charge is -2.24. The van der Waals surface area contributed by atoms with E-state index >= 15 is 0 Å². The number of nitrogens with two attached hydrogens (primary N) is 1. The number of aromatic nitrogens is 2. The summed E-state index contributed by atoms with van der Waals surface area (Å²) in [5.74, 6) is 0. The van der Waals surface area contributed by atoms with Crippen LogP contribution in [0.5, 0.6) is 0 Å². The third kappa shape index (κ3) is 2.57. The van der Waals surface area contributed by atoms with Crippen molar-refractivity contribution in [2.75, 3.05) is 0 Å². The summed E-state index contributed by atoms with van der Waals surface area (Å²) in [5, 5.41) is 6.21. The van der Waals surface area contributed by atoms with Crippen molar-refractivity contribution in [1.82, 2.24) is 14.9 Å². The van der Waals surface area contributed by atoms with Gasteiger partial charge in [-0.3, -0.25) is 5.10 Å². The van der Waals surface area contributed by atoms with Gasteiger partial charge in [0.1, 0.15) is 4.90 Å². The molecule has 6 nitrogen and oxygen atoms in total. The van der Waals surface area contributed by atoms with E-state index in [-0.39, 0.29) is 9.88 Å². The molecule has 0 aliphatic heterocycles. The molecule has 0 aromatic carbocycles. The zero-order valence-electron chi connectivity index (χ0n) is 9.23. The Kier molecular flexibility index (Phi) is 3.36. The van der Waals surface area contributed by atoms with Gasteiger partial charge in [0.15, 0.2) is 0 Å². The smallest absolute Gasteiger partial charge is 0.244 e. The Hall–Kier alpha value is -0.990. The molecule has 0 aliphatic rings. The second-order valence-corrected chi connectivity index (χ2v) is 6.04. The van der Waals surface area contributed by atoms with Gasteiger partial charge < -0.3 is 5.73 Å². The minimum Gasteiger partial charge on any atom is -0.392 e. The highest BCUT2D eigenvalue weighted by Crippen LogP contribution is 2.14. The molecule has 0 saturated heterocycles. The normalized spacial score (nSPS) is 12.7. The van der Waals surface area contributed by atoms with E-state index in [4.69, 9.17) is 18.0 Å². The maximum atomic E-state index is 11.9. The number of aryl methyl sites for hydroxylation is 1. The monoisotopic (exact) mass is 262 g/mol. The molecule has 0 saturated carbocycles. The van der Waals surface area contributed by atoms with Crippen molar-refractivity contribution in [1.29, 1.82) is 0 Å². The molecule has 0 atom stereocenters. The Morgan fingerprint density at radius 1 is 1.62 bits per heavy atom. The fourth-order valence-corrected chi connectivity index (χ4v) is 2.70. The summed E-state index contributed by atoms with van der Waals surface area (Å²) in [6, 6.07) is 0. The number of rotatable bonds is 4. The third-order valence-electron chi connectivity index (χ3n) is 2.08. The van der Waals surface area contributed by atoms with Gasteiger partial charge in [-0.1, -0.05) is 12.2 Å². The van der Waals surface area contributed by atoms with E-state index < -0.39 is 15.6 Å². The van der Waals surface area contributed by atoms with E-state index in [9.17, 15) is 8.42 Å². The van der Waals surface area contributed by atoms with Gasteiger partial charge in [-0.15, -0.1) is 0 Å². The van der Waals surface area contributed by atoms with E-state index in [0.717, 1.165) is 0 Å². The molecule has 0 bridgehead atoms. The lowest BCUT2D eigenvalue weighted by atomic mass is 10.1. The molecule has 90 valence electrons. The maximum Gasteiger partial charge on any atom is 0.244 e. The van der Waals surface area contributed by atoms with Crippen LogP contribution in [0.15, 0.2) is 11.1 Å². The molecule has 0 radical (unpaired) electrons. The van der Waals surface area contributed by atoms with Crippen LogP contribution in [0.1, 0.15) is 19.5 Å². The Labute approximate surface area is 99.7 Å². The number of nitrogens with zero attached hydrogens (tertiary/aromatic N) is 1. The fraction of sp³-hybridized carbons (Fsp3) is 0.500. The largest absolute Gasteiger partial charge is 0.392 e. The van der Waals surface area contributed by atoms with Gasteiger partial charge in [0.25, 0.3) is 0 Å². The van der Waals surface area contributed by atoms with E-state index in [1.165, 1.54) is 6.20 Å². The van der Waals surface area contributed by atoms with Gasteiger partial charge in [-0.25, -0.2) is 8.42 Å². The molecule has 1 aromatic heterocycles. The van der Waals surface area contributed by atoms with Crippen molar-refractivity contribution in [3.8, 4) is 0 Å². The summed E-state index contributed by atoms with van der Waals surface area (Å²) in [6.07, 6.45) is 1.24. The standard InChI is InChI=1S/C8H14N4O2S2/c1-5-6(4-10-11-5)16(13,14)12-8(2,3)7(9)15/h4,12H,1-3H3,(H2,9,15)(H,10,11). The van der Waals surface area contributed by atoms with Crippen LogP contribution in [0.25, 0.3) is 0 Å². The first-order valence-corrected chi connectivity index (χ1v) is 6.40. The SMILES string of the molecule is Cc1[nH]ncc1S(=O)(=O)NC(C)(C)C(N)=S. The summed E-state index contributed by atoms with van der Waals surface area (Å²) >= 11 is 4.79. The van der Waals surface area contributed by atoms with Crippen LogP contribution >= 0.6 is 12.2 Å². The number of hydrogen-bond donors (Lipinski definition) is 3. The quantitative estimate of drug-likeness (QED) is 0.666. The van der Waals surface area contributed by atoms with Crippen LogP contribution in [-0.4, -0.2) is 29.1 Å². The van der Waals surface area contributed by atoms with E-state index in [2.05, 4.69) is 14.9 Å². The Balaban J connectivity index is 3.07. The first-order valence-electron chi connectivity index (χ1n) is 4.50. The molecule has 0 amide bonds. The average Bonchev–Trinajstić information content (AvgIpc) is 2.49. The molecule has 0 unspecified atom stereocenters. The van der Waals surface area contributed by atoms with Crippen molar-refractivity contribution in [3.63, 3.8) is 0 Å². The van der Waals surface area contributed by atoms with E-state index in [1.54, 1.807) is 20.8 Å². The molecule has 1 heterocycles. The number of hydrogen-bond acceptors (Lipinski definition) is 4. The predicted octanol–water partition coefficient (Wildman–Crippen LogP) is 0.0611. The highest BCUT2D eigenvalue weighted by molar-refractivity contribution is 7.89. The number of H-pyrrole nitrogens is 1. The third-order valence-corrected chi connectivity index (χ3v) is 4.36. The zero-order chi connectivity index (χ0) is 12.6. The van der Waals surface area contributed by atoms with Crippen molar-refractivity contribution in [2.24, 2.45) is 5.73 Å². The number of sulfonamides is 1. The highest BCUT2D eigenvalue weighted by Gasteiger charge is 2.30. The van der Waals surface area contributed by atoms with Gasteiger partial charge in [-0.05, 0) is 20.8 Å². The average molecular weight is 262 g/mol. The molecule has 0 spiro atoms. The summed E-state index contributed by atoms with van der Waals surface area (Å²) < 4.78 is 26.3. The topological polar surface area (TPSA) is 101 Å². The molecular formula is C8H14N4O2S2. The van der Waals surface area contributed by atoms with Gasteiger partial charge in [0.2, 0.25) is 10.0 Å². The lowest BCUT2D eigenvalue weighted by molar-refractivity contribution is 0.545. The zero-order valence-corrected chi connectivity index (χ0v) is 10.9. The van der Waals surface area contributed by atoms with Crippen molar-refractivity contribution in [3.05, 3.63) is 11.9 Å².